The molecule has 34 heavy (non-hydrogen) atoms. The van der Waals surface area contributed by atoms with Crippen molar-refractivity contribution < 1.29 is 4.79 Å². The lowest BCUT2D eigenvalue weighted by molar-refractivity contribution is 0.0879. The van der Waals surface area contributed by atoms with Crippen LogP contribution >= 0.6 is 11.6 Å². The Balaban J connectivity index is 1.32. The molecule has 1 aliphatic carbocycles. The Morgan fingerprint density at radius 3 is 2.79 bits per heavy atom. The van der Waals surface area contributed by atoms with E-state index in [1.165, 1.54) is 0 Å². The van der Waals surface area contributed by atoms with Crippen molar-refractivity contribution in [2.45, 2.75) is 51.1 Å². The predicted octanol–water partition coefficient (Wildman–Crippen LogP) is 6.13. The first kappa shape index (κ1) is 22.4. The fourth-order valence-corrected chi connectivity index (χ4v) is 5.04. The van der Waals surface area contributed by atoms with E-state index in [1.807, 2.05) is 55.6 Å². The Morgan fingerprint density at radius 1 is 1.18 bits per heavy atom. The van der Waals surface area contributed by atoms with Crippen LogP contribution in [-0.4, -0.2) is 32.4 Å². The highest BCUT2D eigenvalue weighted by atomic mass is 35.5. The number of aromatic amines is 1. The second-order valence-corrected chi connectivity index (χ2v) is 9.86. The molecule has 0 saturated heterocycles. The number of rotatable bonds is 5. The summed E-state index contributed by atoms with van der Waals surface area (Å²) in [6.45, 7) is 4.14. The minimum Gasteiger partial charge on any atom is -0.360 e. The molecule has 1 fully saturated rings. The highest BCUT2D eigenvalue weighted by Gasteiger charge is 2.34. The van der Waals surface area contributed by atoms with Crippen LogP contribution in [0, 0.1) is 6.92 Å². The number of nitrogens with one attached hydrogen (secondary N) is 3. The predicted molar refractivity (Wildman–Crippen MR) is 137 cm³/mol. The molecule has 0 spiro atoms. The number of aryl methyl sites for hydroxylation is 1. The standard InChI is InChI=1S/C27H28ClN5O/c1-17-9-11-18(12-10-17)25(34)33-27(2)13-5-6-19(14-27)31-26-30-16-22(28)24(32-26)21-15-29-23-8-4-3-7-20(21)23/h3-4,7-12,15-16,19,29H,5-6,13-14H2,1-2H3,(H,33,34)(H,30,31,32)/t19-,27+/m1/s1. The summed E-state index contributed by atoms with van der Waals surface area (Å²) in [5.41, 5.74) is 4.21. The van der Waals surface area contributed by atoms with Gasteiger partial charge in [-0.2, -0.15) is 0 Å². The molecule has 2 aromatic heterocycles. The van der Waals surface area contributed by atoms with Crippen LogP contribution in [0.4, 0.5) is 5.95 Å². The van der Waals surface area contributed by atoms with Crippen LogP contribution in [-0.2, 0) is 0 Å². The minimum atomic E-state index is -0.302. The molecule has 0 aliphatic heterocycles. The topological polar surface area (TPSA) is 82.7 Å². The van der Waals surface area contributed by atoms with Gasteiger partial charge in [-0.05, 0) is 57.7 Å². The number of carbonyl (C=O) groups is 1. The van der Waals surface area contributed by atoms with E-state index < -0.39 is 0 Å². The smallest absolute Gasteiger partial charge is 0.251 e. The molecule has 0 bridgehead atoms. The Kier molecular flexibility index (Phi) is 6.00. The summed E-state index contributed by atoms with van der Waals surface area (Å²) in [6.07, 6.45) is 7.30. The summed E-state index contributed by atoms with van der Waals surface area (Å²) in [4.78, 5) is 25.3. The molecule has 5 rings (SSSR count). The third-order valence-corrected chi connectivity index (χ3v) is 6.91. The molecular formula is C27H28ClN5O. The van der Waals surface area contributed by atoms with Crippen molar-refractivity contribution >= 4 is 34.4 Å². The molecule has 2 atom stereocenters. The van der Waals surface area contributed by atoms with Gasteiger partial charge in [0.2, 0.25) is 5.95 Å². The van der Waals surface area contributed by atoms with Crippen molar-refractivity contribution in [2.75, 3.05) is 5.32 Å². The average molecular weight is 474 g/mol. The van der Waals surface area contributed by atoms with Gasteiger partial charge in [-0.25, -0.2) is 9.97 Å². The van der Waals surface area contributed by atoms with Gasteiger partial charge in [-0.15, -0.1) is 0 Å². The molecule has 6 nitrogen and oxygen atoms in total. The maximum absolute atomic E-state index is 12.8. The summed E-state index contributed by atoms with van der Waals surface area (Å²) >= 11 is 6.49. The maximum Gasteiger partial charge on any atom is 0.251 e. The normalized spacial score (nSPS) is 20.3. The molecule has 2 heterocycles. The molecular weight excluding hydrogens is 446 g/mol. The van der Waals surface area contributed by atoms with E-state index in [9.17, 15) is 4.79 Å². The van der Waals surface area contributed by atoms with Crippen LogP contribution in [0.2, 0.25) is 5.02 Å². The summed E-state index contributed by atoms with van der Waals surface area (Å²) in [6, 6.07) is 15.9. The molecule has 4 aromatic rings. The number of hydrogen-bond acceptors (Lipinski definition) is 4. The second-order valence-electron chi connectivity index (χ2n) is 9.46. The zero-order valence-corrected chi connectivity index (χ0v) is 20.1. The van der Waals surface area contributed by atoms with Gasteiger partial charge in [0, 0.05) is 39.8 Å². The third-order valence-electron chi connectivity index (χ3n) is 6.63. The number of hydrogen-bond donors (Lipinski definition) is 3. The average Bonchev–Trinajstić information content (AvgIpc) is 3.24. The lowest BCUT2D eigenvalue weighted by Crippen LogP contribution is -2.51. The number of para-hydroxylation sites is 1. The lowest BCUT2D eigenvalue weighted by Gasteiger charge is -2.39. The van der Waals surface area contributed by atoms with E-state index in [1.54, 1.807) is 6.20 Å². The first-order valence-electron chi connectivity index (χ1n) is 11.6. The summed E-state index contributed by atoms with van der Waals surface area (Å²) in [7, 11) is 0. The number of carbonyl (C=O) groups excluding carboxylic acids is 1. The van der Waals surface area contributed by atoms with E-state index in [-0.39, 0.29) is 17.5 Å². The number of H-pyrrole nitrogens is 1. The molecule has 3 N–H and O–H groups in total. The number of anilines is 1. The van der Waals surface area contributed by atoms with Gasteiger partial charge in [0.1, 0.15) is 0 Å². The SMILES string of the molecule is Cc1ccc(C(=O)N[C@@]2(C)CCC[C@@H](Nc3ncc(Cl)c(-c4c[nH]c5ccccc45)n3)C2)cc1. The van der Waals surface area contributed by atoms with Crippen molar-refractivity contribution in [3.63, 3.8) is 0 Å². The number of benzene rings is 2. The fourth-order valence-electron chi connectivity index (χ4n) is 4.85. The zero-order chi connectivity index (χ0) is 23.7. The third kappa shape index (κ3) is 4.64. The summed E-state index contributed by atoms with van der Waals surface area (Å²) in [5.74, 6) is 0.510. The molecule has 1 amide bonds. The Labute approximate surface area is 204 Å². The van der Waals surface area contributed by atoms with Crippen molar-refractivity contribution in [1.82, 2.24) is 20.3 Å². The molecule has 1 saturated carbocycles. The van der Waals surface area contributed by atoms with Gasteiger partial charge in [-0.3, -0.25) is 4.79 Å². The van der Waals surface area contributed by atoms with E-state index in [0.717, 1.165) is 47.7 Å². The first-order chi connectivity index (χ1) is 16.4. The Hall–Kier alpha value is -3.38. The number of fused-ring (bicyclic) bond motifs is 1. The lowest BCUT2D eigenvalue weighted by atomic mass is 9.80. The highest BCUT2D eigenvalue weighted by molar-refractivity contribution is 6.33. The molecule has 174 valence electrons. The molecule has 1 aliphatic rings. The van der Waals surface area contributed by atoms with Gasteiger partial charge >= 0.3 is 0 Å². The zero-order valence-electron chi connectivity index (χ0n) is 19.4. The fraction of sp³-hybridized carbons (Fsp3) is 0.296. The van der Waals surface area contributed by atoms with Crippen LogP contribution in [0.1, 0.15) is 48.5 Å². The van der Waals surface area contributed by atoms with E-state index >= 15 is 0 Å². The monoisotopic (exact) mass is 473 g/mol. The van der Waals surface area contributed by atoms with Gasteiger partial charge in [0.25, 0.3) is 5.91 Å². The van der Waals surface area contributed by atoms with Gasteiger partial charge in [0.15, 0.2) is 0 Å². The van der Waals surface area contributed by atoms with Crippen LogP contribution in [0.5, 0.6) is 0 Å². The number of nitrogens with zero attached hydrogens (tertiary/aromatic N) is 2. The number of amides is 1. The van der Waals surface area contributed by atoms with Crippen LogP contribution in [0.25, 0.3) is 22.2 Å². The second kappa shape index (κ2) is 9.11. The van der Waals surface area contributed by atoms with Crippen molar-refractivity contribution in [2.24, 2.45) is 0 Å². The summed E-state index contributed by atoms with van der Waals surface area (Å²) < 4.78 is 0. The maximum atomic E-state index is 12.8. The molecule has 2 aromatic carbocycles. The van der Waals surface area contributed by atoms with E-state index in [2.05, 4.69) is 33.6 Å². The number of aromatic nitrogens is 3. The van der Waals surface area contributed by atoms with E-state index in [0.29, 0.717) is 22.2 Å². The quantitative estimate of drug-likeness (QED) is 0.325. The number of halogens is 1. The summed E-state index contributed by atoms with van der Waals surface area (Å²) in [5, 5.41) is 8.33. The van der Waals surface area contributed by atoms with Gasteiger partial charge in [-0.1, -0.05) is 47.5 Å². The Morgan fingerprint density at radius 2 is 1.97 bits per heavy atom. The van der Waals surface area contributed by atoms with Crippen LogP contribution < -0.4 is 10.6 Å². The molecule has 0 radical (unpaired) electrons. The van der Waals surface area contributed by atoms with Crippen molar-refractivity contribution in [3.05, 3.63) is 77.1 Å². The van der Waals surface area contributed by atoms with Crippen LogP contribution in [0.15, 0.2) is 60.9 Å². The van der Waals surface area contributed by atoms with Crippen molar-refractivity contribution in [3.8, 4) is 11.3 Å². The largest absolute Gasteiger partial charge is 0.360 e. The van der Waals surface area contributed by atoms with Crippen LogP contribution in [0.3, 0.4) is 0 Å². The van der Waals surface area contributed by atoms with Gasteiger partial charge in [0.05, 0.1) is 16.9 Å². The Bertz CT molecular complexity index is 1330. The van der Waals surface area contributed by atoms with Crippen molar-refractivity contribution in [1.29, 1.82) is 0 Å². The minimum absolute atomic E-state index is 0.0347. The van der Waals surface area contributed by atoms with Gasteiger partial charge < -0.3 is 15.6 Å². The molecule has 7 heteroatoms. The molecule has 0 unspecified atom stereocenters. The first-order valence-corrected chi connectivity index (χ1v) is 12.0. The highest BCUT2D eigenvalue weighted by Crippen LogP contribution is 2.34. The van der Waals surface area contributed by atoms with E-state index in [4.69, 9.17) is 16.6 Å².